The normalized spacial score (nSPS) is 23.0. The van der Waals surface area contributed by atoms with Crippen molar-refractivity contribution in [2.24, 2.45) is 11.8 Å². The van der Waals surface area contributed by atoms with Gasteiger partial charge in [-0.25, -0.2) is 4.39 Å². The van der Waals surface area contributed by atoms with Crippen LogP contribution in [-0.4, -0.2) is 48.4 Å². The lowest BCUT2D eigenvalue weighted by Gasteiger charge is -2.37. The third-order valence-corrected chi connectivity index (χ3v) is 5.94. The Hall–Kier alpha value is -1.42. The molecule has 1 atom stereocenters. The van der Waals surface area contributed by atoms with Gasteiger partial charge < -0.3 is 9.80 Å². The Kier molecular flexibility index (Phi) is 6.46. The second-order valence-corrected chi connectivity index (χ2v) is 7.67. The van der Waals surface area contributed by atoms with Gasteiger partial charge >= 0.3 is 0 Å². The topological polar surface area (TPSA) is 23.6 Å². The van der Waals surface area contributed by atoms with Gasteiger partial charge in [0.25, 0.3) is 0 Å². The number of amides is 1. The number of piperidine rings is 2. The Morgan fingerprint density at radius 2 is 2.00 bits per heavy atom. The van der Waals surface area contributed by atoms with E-state index in [9.17, 15) is 9.18 Å². The zero-order valence-electron chi connectivity index (χ0n) is 15.4. The van der Waals surface area contributed by atoms with Crippen molar-refractivity contribution in [1.29, 1.82) is 0 Å². The van der Waals surface area contributed by atoms with Gasteiger partial charge in [-0.05, 0) is 81.8 Å². The van der Waals surface area contributed by atoms with Crippen LogP contribution in [0.2, 0.25) is 0 Å². The van der Waals surface area contributed by atoms with Crippen LogP contribution in [0.1, 0.15) is 44.6 Å². The van der Waals surface area contributed by atoms with Crippen LogP contribution in [0.4, 0.5) is 4.39 Å². The molecule has 0 saturated carbocycles. The van der Waals surface area contributed by atoms with Gasteiger partial charge in [-0.1, -0.05) is 19.1 Å². The van der Waals surface area contributed by atoms with E-state index in [1.165, 1.54) is 12.5 Å². The van der Waals surface area contributed by atoms with E-state index >= 15 is 0 Å². The van der Waals surface area contributed by atoms with Crippen molar-refractivity contribution < 1.29 is 9.18 Å². The Morgan fingerprint density at radius 1 is 1.20 bits per heavy atom. The summed E-state index contributed by atoms with van der Waals surface area (Å²) in [7, 11) is 0. The lowest BCUT2D eigenvalue weighted by atomic mass is 9.89. The molecule has 1 amide bonds. The Balaban J connectivity index is 1.48. The number of halogens is 1. The fourth-order valence-electron chi connectivity index (χ4n) is 4.32. The molecule has 2 fully saturated rings. The van der Waals surface area contributed by atoms with Crippen LogP contribution in [0.5, 0.6) is 0 Å². The smallest absolute Gasteiger partial charge is 0.225 e. The third-order valence-electron chi connectivity index (χ3n) is 5.94. The predicted molar refractivity (Wildman–Crippen MR) is 98.9 cm³/mol. The first kappa shape index (κ1) is 18.4. The molecule has 3 rings (SSSR count). The van der Waals surface area contributed by atoms with Crippen molar-refractivity contribution in [2.45, 2.75) is 45.4 Å². The third kappa shape index (κ3) is 5.04. The molecule has 2 aliphatic rings. The average Bonchev–Trinajstić information content (AvgIpc) is 2.66. The van der Waals surface area contributed by atoms with Crippen molar-refractivity contribution in [2.75, 3.05) is 32.7 Å². The fourth-order valence-corrected chi connectivity index (χ4v) is 4.32. The summed E-state index contributed by atoms with van der Waals surface area (Å²) in [6.45, 7) is 7.21. The predicted octanol–water partition coefficient (Wildman–Crippen LogP) is 3.73. The SMILES string of the molecule is CCN1CCC(C(=O)N2CCC[C@@H](CCc3cccc(F)c3)C2)CC1. The highest BCUT2D eigenvalue weighted by Crippen LogP contribution is 2.26. The molecule has 25 heavy (non-hydrogen) atoms. The zero-order chi connectivity index (χ0) is 17.6. The molecule has 0 radical (unpaired) electrons. The number of rotatable bonds is 5. The molecule has 0 aromatic heterocycles. The second-order valence-electron chi connectivity index (χ2n) is 7.67. The number of hydrogen-bond donors (Lipinski definition) is 0. The van der Waals surface area contributed by atoms with Gasteiger partial charge in [0.05, 0.1) is 0 Å². The van der Waals surface area contributed by atoms with Gasteiger partial charge in [0.15, 0.2) is 0 Å². The van der Waals surface area contributed by atoms with Gasteiger partial charge in [-0.15, -0.1) is 0 Å². The molecular formula is C21H31FN2O. The minimum absolute atomic E-state index is 0.156. The van der Waals surface area contributed by atoms with Gasteiger partial charge in [0, 0.05) is 19.0 Å². The quantitative estimate of drug-likeness (QED) is 0.811. The first-order valence-corrected chi connectivity index (χ1v) is 9.91. The molecule has 0 N–H and O–H groups in total. The molecule has 3 nitrogen and oxygen atoms in total. The van der Waals surface area contributed by atoms with Crippen LogP contribution in [0, 0.1) is 17.7 Å². The van der Waals surface area contributed by atoms with Crippen molar-refractivity contribution >= 4 is 5.91 Å². The average molecular weight is 346 g/mol. The Labute approximate surface area is 151 Å². The Bertz CT molecular complexity index is 569. The first-order chi connectivity index (χ1) is 12.2. The van der Waals surface area contributed by atoms with Crippen molar-refractivity contribution in [1.82, 2.24) is 9.80 Å². The molecule has 4 heteroatoms. The lowest BCUT2D eigenvalue weighted by Crippen LogP contribution is -2.46. The molecular weight excluding hydrogens is 315 g/mol. The molecule has 1 aromatic rings. The summed E-state index contributed by atoms with van der Waals surface area (Å²) in [6, 6.07) is 6.90. The maximum absolute atomic E-state index is 13.3. The maximum atomic E-state index is 13.3. The monoisotopic (exact) mass is 346 g/mol. The van der Waals surface area contributed by atoms with Crippen LogP contribution in [0.15, 0.2) is 24.3 Å². The summed E-state index contributed by atoms with van der Waals surface area (Å²) in [5, 5.41) is 0. The van der Waals surface area contributed by atoms with Gasteiger partial charge in [0.1, 0.15) is 5.82 Å². The highest BCUT2D eigenvalue weighted by Gasteiger charge is 2.30. The van der Waals surface area contributed by atoms with Crippen LogP contribution >= 0.6 is 0 Å². The molecule has 1 aromatic carbocycles. The summed E-state index contributed by atoms with van der Waals surface area (Å²) in [6.07, 6.45) is 6.26. The van der Waals surface area contributed by atoms with E-state index in [2.05, 4.69) is 16.7 Å². The fraction of sp³-hybridized carbons (Fsp3) is 0.667. The summed E-state index contributed by atoms with van der Waals surface area (Å²) in [4.78, 5) is 17.4. The van der Waals surface area contributed by atoms with Gasteiger partial charge in [-0.2, -0.15) is 0 Å². The summed E-state index contributed by atoms with van der Waals surface area (Å²) >= 11 is 0. The van der Waals surface area contributed by atoms with Crippen LogP contribution in [0.3, 0.4) is 0 Å². The molecule has 0 unspecified atom stereocenters. The largest absolute Gasteiger partial charge is 0.342 e. The number of carbonyl (C=O) groups excluding carboxylic acids is 1. The van der Waals surface area contributed by atoms with E-state index in [0.29, 0.717) is 11.8 Å². The van der Waals surface area contributed by atoms with Crippen LogP contribution in [-0.2, 0) is 11.2 Å². The summed E-state index contributed by atoms with van der Waals surface area (Å²) < 4.78 is 13.3. The summed E-state index contributed by atoms with van der Waals surface area (Å²) in [5.41, 5.74) is 1.07. The molecule has 0 aliphatic carbocycles. The summed E-state index contributed by atoms with van der Waals surface area (Å²) in [5.74, 6) is 1.00. The second kappa shape index (κ2) is 8.79. The maximum Gasteiger partial charge on any atom is 0.225 e. The number of nitrogens with zero attached hydrogens (tertiary/aromatic N) is 2. The molecule has 2 aliphatic heterocycles. The molecule has 138 valence electrons. The van der Waals surface area contributed by atoms with E-state index in [0.717, 1.165) is 70.4 Å². The van der Waals surface area contributed by atoms with E-state index in [-0.39, 0.29) is 11.7 Å². The van der Waals surface area contributed by atoms with E-state index in [4.69, 9.17) is 0 Å². The standard InChI is InChI=1S/C21H31FN2O/c1-2-23-13-10-19(11-14-23)21(25)24-12-4-6-18(16-24)9-8-17-5-3-7-20(22)15-17/h3,5,7,15,18-19H,2,4,6,8-14,16H2,1H3/t18-/m0/s1. The molecule has 2 saturated heterocycles. The van der Waals surface area contributed by atoms with Crippen molar-refractivity contribution in [3.8, 4) is 0 Å². The zero-order valence-corrected chi connectivity index (χ0v) is 15.4. The van der Waals surface area contributed by atoms with Crippen molar-refractivity contribution in [3.05, 3.63) is 35.6 Å². The highest BCUT2D eigenvalue weighted by atomic mass is 19.1. The van der Waals surface area contributed by atoms with Crippen LogP contribution < -0.4 is 0 Å². The van der Waals surface area contributed by atoms with E-state index in [1.807, 2.05) is 6.07 Å². The van der Waals surface area contributed by atoms with E-state index in [1.54, 1.807) is 12.1 Å². The number of likely N-dealkylation sites (tertiary alicyclic amines) is 2. The number of benzene rings is 1. The van der Waals surface area contributed by atoms with E-state index < -0.39 is 0 Å². The number of carbonyl (C=O) groups is 1. The molecule has 0 bridgehead atoms. The number of hydrogen-bond acceptors (Lipinski definition) is 2. The highest BCUT2D eigenvalue weighted by molar-refractivity contribution is 5.79. The number of aryl methyl sites for hydroxylation is 1. The Morgan fingerprint density at radius 3 is 2.72 bits per heavy atom. The molecule has 0 spiro atoms. The lowest BCUT2D eigenvalue weighted by molar-refractivity contribution is -0.139. The van der Waals surface area contributed by atoms with Crippen molar-refractivity contribution in [3.63, 3.8) is 0 Å². The van der Waals surface area contributed by atoms with Gasteiger partial charge in [-0.3, -0.25) is 4.79 Å². The van der Waals surface area contributed by atoms with Crippen LogP contribution in [0.25, 0.3) is 0 Å². The van der Waals surface area contributed by atoms with Gasteiger partial charge in [0.2, 0.25) is 5.91 Å². The molecule has 2 heterocycles. The minimum Gasteiger partial charge on any atom is -0.342 e. The first-order valence-electron chi connectivity index (χ1n) is 9.91. The minimum atomic E-state index is -0.156.